The summed E-state index contributed by atoms with van der Waals surface area (Å²) < 4.78 is 2.10. The number of pyridine rings is 2. The minimum atomic E-state index is -0.103. The molecule has 4 heterocycles. The second-order valence-electron chi connectivity index (χ2n) is 8.27. The lowest BCUT2D eigenvalue weighted by atomic mass is 9.96. The number of phenolic OH excluding ortho intramolecular Hbond substituents is 1. The molecule has 0 unspecified atom stereocenters. The number of hydrogen-bond donors (Lipinski definition) is 2. The van der Waals surface area contributed by atoms with Gasteiger partial charge in [-0.05, 0) is 73.6 Å². The van der Waals surface area contributed by atoms with Gasteiger partial charge in [-0.25, -0.2) is 0 Å². The van der Waals surface area contributed by atoms with Gasteiger partial charge in [-0.1, -0.05) is 24.3 Å². The van der Waals surface area contributed by atoms with Gasteiger partial charge < -0.3 is 19.9 Å². The van der Waals surface area contributed by atoms with E-state index < -0.39 is 0 Å². The maximum Gasteiger partial charge on any atom is 0.170 e. The third kappa shape index (κ3) is 3.85. The molecule has 5 rings (SSSR count). The van der Waals surface area contributed by atoms with Crippen LogP contribution in [0.1, 0.15) is 40.3 Å². The molecule has 6 nitrogen and oxygen atoms in total. The molecular weight excluding hydrogens is 430 g/mol. The largest absolute Gasteiger partial charge is 0.506 e. The number of aryl methyl sites for hydroxylation is 1. The Bertz CT molecular complexity index is 1290. The zero-order valence-electron chi connectivity index (χ0n) is 18.5. The smallest absolute Gasteiger partial charge is 0.170 e. The number of benzene rings is 1. The molecule has 0 radical (unpaired) electrons. The first-order valence-electron chi connectivity index (χ1n) is 10.9. The number of nitrogens with zero attached hydrogens (tertiary/aromatic N) is 4. The van der Waals surface area contributed by atoms with E-state index >= 15 is 0 Å². The van der Waals surface area contributed by atoms with Gasteiger partial charge in [-0.2, -0.15) is 0 Å². The lowest BCUT2D eigenvalue weighted by molar-refractivity contribution is 0.310. The van der Waals surface area contributed by atoms with Gasteiger partial charge >= 0.3 is 0 Å². The van der Waals surface area contributed by atoms with Crippen molar-refractivity contribution in [3.8, 4) is 11.4 Å². The van der Waals surface area contributed by atoms with E-state index in [1.165, 1.54) is 0 Å². The number of rotatable bonds is 5. The molecule has 0 saturated carbocycles. The van der Waals surface area contributed by atoms with Gasteiger partial charge in [0, 0.05) is 36.5 Å². The maximum atomic E-state index is 10.5. The molecular formula is C26H25N5OS. The highest BCUT2D eigenvalue weighted by atomic mass is 32.1. The molecule has 1 saturated heterocycles. The molecule has 7 heteroatoms. The maximum absolute atomic E-state index is 10.5. The number of aromatic nitrogens is 3. The highest BCUT2D eigenvalue weighted by Crippen LogP contribution is 2.42. The molecule has 3 aromatic heterocycles. The second-order valence-corrected chi connectivity index (χ2v) is 8.65. The molecule has 1 fully saturated rings. The van der Waals surface area contributed by atoms with Crippen LogP contribution in [-0.2, 0) is 6.54 Å². The van der Waals surface area contributed by atoms with E-state index in [2.05, 4.69) is 50.7 Å². The predicted molar refractivity (Wildman–Crippen MR) is 132 cm³/mol. The Morgan fingerprint density at radius 3 is 2.58 bits per heavy atom. The number of hydrogen-bond acceptors (Lipinski definition) is 4. The second kappa shape index (κ2) is 8.67. The van der Waals surface area contributed by atoms with Crippen molar-refractivity contribution in [3.05, 3.63) is 107 Å². The Kier molecular flexibility index (Phi) is 5.56. The molecule has 1 aliphatic heterocycles. The summed E-state index contributed by atoms with van der Waals surface area (Å²) in [6, 6.07) is 19.4. The summed E-state index contributed by atoms with van der Waals surface area (Å²) in [5.41, 5.74) is 6.03. The third-order valence-corrected chi connectivity index (χ3v) is 6.54. The minimum Gasteiger partial charge on any atom is -0.506 e. The van der Waals surface area contributed by atoms with E-state index in [1.54, 1.807) is 12.3 Å². The standard InChI is InChI=1S/C26H25N5OS/c1-17-14-20(18(2)31(17)22-10-3-4-11-23(22)32)25-24(21-9-5-6-13-28-21)29-26(33)30(25)16-19-8-7-12-27-15-19/h3-15,24-25,32H,16H2,1-2H3,(H,29,33)/t24-,25-/m0/s1. The first-order chi connectivity index (χ1) is 16.0. The van der Waals surface area contributed by atoms with Crippen LogP contribution in [0.5, 0.6) is 5.75 Å². The van der Waals surface area contributed by atoms with Crippen molar-refractivity contribution in [3.63, 3.8) is 0 Å². The van der Waals surface area contributed by atoms with Crippen LogP contribution in [-0.4, -0.2) is 29.7 Å². The van der Waals surface area contributed by atoms with Gasteiger partial charge in [0.1, 0.15) is 5.75 Å². The number of thiocarbonyl (C=S) groups is 1. The molecule has 0 amide bonds. The summed E-state index contributed by atoms with van der Waals surface area (Å²) in [6.45, 7) is 4.78. The summed E-state index contributed by atoms with van der Waals surface area (Å²) in [5, 5.41) is 14.7. The predicted octanol–water partition coefficient (Wildman–Crippen LogP) is 4.76. The number of phenols is 1. The van der Waals surface area contributed by atoms with Gasteiger partial charge in [0.05, 0.1) is 23.5 Å². The monoisotopic (exact) mass is 455 g/mol. The first kappa shape index (κ1) is 21.2. The van der Waals surface area contributed by atoms with Crippen LogP contribution in [0.3, 0.4) is 0 Å². The van der Waals surface area contributed by atoms with E-state index in [0.29, 0.717) is 11.7 Å². The normalized spacial score (nSPS) is 17.9. The van der Waals surface area contributed by atoms with E-state index in [4.69, 9.17) is 12.2 Å². The summed E-state index contributed by atoms with van der Waals surface area (Å²) in [4.78, 5) is 11.1. The molecule has 2 N–H and O–H groups in total. The highest BCUT2D eigenvalue weighted by Gasteiger charge is 2.41. The van der Waals surface area contributed by atoms with Gasteiger partial charge in [0.15, 0.2) is 5.11 Å². The van der Waals surface area contributed by atoms with E-state index in [-0.39, 0.29) is 17.8 Å². The Labute approximate surface area is 198 Å². The lowest BCUT2D eigenvalue weighted by Crippen LogP contribution is -2.29. The molecule has 1 aliphatic rings. The summed E-state index contributed by atoms with van der Waals surface area (Å²) >= 11 is 5.81. The Morgan fingerprint density at radius 1 is 1.03 bits per heavy atom. The van der Waals surface area contributed by atoms with Crippen molar-refractivity contribution in [2.24, 2.45) is 0 Å². The molecule has 4 aromatic rings. The number of aromatic hydroxyl groups is 1. The summed E-state index contributed by atoms with van der Waals surface area (Å²) in [6.07, 6.45) is 5.46. The Hall–Kier alpha value is -3.71. The number of para-hydroxylation sites is 2. The lowest BCUT2D eigenvalue weighted by Gasteiger charge is -2.28. The first-order valence-corrected chi connectivity index (χ1v) is 11.3. The molecule has 0 aliphatic carbocycles. The molecule has 166 valence electrons. The van der Waals surface area contributed by atoms with Crippen molar-refractivity contribution in [2.45, 2.75) is 32.5 Å². The Balaban J connectivity index is 1.63. The summed E-state index contributed by atoms with van der Waals surface area (Å²) in [5.74, 6) is 0.249. The number of nitrogens with one attached hydrogen (secondary N) is 1. The molecule has 2 atom stereocenters. The van der Waals surface area contributed by atoms with Gasteiger partial charge in [-0.3, -0.25) is 9.97 Å². The minimum absolute atomic E-state index is 0.0709. The average molecular weight is 456 g/mol. The summed E-state index contributed by atoms with van der Waals surface area (Å²) in [7, 11) is 0. The van der Waals surface area contributed by atoms with Crippen LogP contribution in [0, 0.1) is 13.8 Å². The van der Waals surface area contributed by atoms with Gasteiger partial charge in [0.2, 0.25) is 0 Å². The van der Waals surface area contributed by atoms with E-state index in [9.17, 15) is 5.11 Å². The fourth-order valence-corrected chi connectivity index (χ4v) is 5.02. The van der Waals surface area contributed by atoms with Crippen LogP contribution in [0.2, 0.25) is 0 Å². The quantitative estimate of drug-likeness (QED) is 0.423. The molecule has 0 bridgehead atoms. The third-order valence-electron chi connectivity index (χ3n) is 6.19. The van der Waals surface area contributed by atoms with Crippen LogP contribution < -0.4 is 5.32 Å². The fourth-order valence-electron chi connectivity index (χ4n) is 4.71. The zero-order valence-corrected chi connectivity index (χ0v) is 19.3. The van der Waals surface area contributed by atoms with Crippen molar-refractivity contribution in [1.29, 1.82) is 0 Å². The van der Waals surface area contributed by atoms with E-state index in [1.807, 2.05) is 54.9 Å². The van der Waals surface area contributed by atoms with Crippen LogP contribution in [0.15, 0.2) is 79.3 Å². The SMILES string of the molecule is Cc1cc([C@H]2[C@H](c3ccccn3)NC(=S)N2Cc2cccnc2)c(C)n1-c1ccccc1O. The highest BCUT2D eigenvalue weighted by molar-refractivity contribution is 7.80. The fraction of sp³-hybridized carbons (Fsp3) is 0.192. The zero-order chi connectivity index (χ0) is 22.9. The van der Waals surface area contributed by atoms with Crippen molar-refractivity contribution in [1.82, 2.24) is 24.8 Å². The average Bonchev–Trinajstić information content (AvgIpc) is 3.30. The van der Waals surface area contributed by atoms with Crippen LogP contribution in [0.4, 0.5) is 0 Å². The topological polar surface area (TPSA) is 66.2 Å². The van der Waals surface area contributed by atoms with Crippen molar-refractivity contribution in [2.75, 3.05) is 0 Å². The van der Waals surface area contributed by atoms with Crippen LogP contribution in [0.25, 0.3) is 5.69 Å². The van der Waals surface area contributed by atoms with Crippen molar-refractivity contribution >= 4 is 17.3 Å². The molecule has 0 spiro atoms. The van der Waals surface area contributed by atoms with Gasteiger partial charge in [-0.15, -0.1) is 0 Å². The molecule has 33 heavy (non-hydrogen) atoms. The Morgan fingerprint density at radius 2 is 1.85 bits per heavy atom. The van der Waals surface area contributed by atoms with E-state index in [0.717, 1.165) is 33.9 Å². The molecule has 1 aromatic carbocycles. The van der Waals surface area contributed by atoms with Gasteiger partial charge in [0.25, 0.3) is 0 Å². The van der Waals surface area contributed by atoms with Crippen molar-refractivity contribution < 1.29 is 5.11 Å². The van der Waals surface area contributed by atoms with Crippen LogP contribution >= 0.6 is 12.2 Å².